The summed E-state index contributed by atoms with van der Waals surface area (Å²) in [7, 11) is 0. The molecule has 23 heavy (non-hydrogen) atoms. The van der Waals surface area contributed by atoms with Crippen LogP contribution in [0.2, 0.25) is 0 Å². The second-order valence-electron chi connectivity index (χ2n) is 5.73. The normalized spacial score (nSPS) is 14.1. The Labute approximate surface area is 132 Å². The van der Waals surface area contributed by atoms with E-state index in [1.807, 2.05) is 36.4 Å². The van der Waals surface area contributed by atoms with Gasteiger partial charge < -0.3 is 10.5 Å². The van der Waals surface area contributed by atoms with Gasteiger partial charge in [-0.2, -0.15) is 0 Å². The SMILES string of the molecule is NC(=O)c1nnn2c(C3CC3)c(OCc3ccccc3)ccc12. The first-order chi connectivity index (χ1) is 11.2. The van der Waals surface area contributed by atoms with Crippen molar-refractivity contribution in [3.8, 4) is 5.75 Å². The first-order valence-corrected chi connectivity index (χ1v) is 7.59. The van der Waals surface area contributed by atoms with Crippen LogP contribution in [0.25, 0.3) is 5.52 Å². The van der Waals surface area contributed by atoms with Crippen molar-refractivity contribution in [1.82, 2.24) is 14.8 Å². The van der Waals surface area contributed by atoms with Crippen molar-refractivity contribution in [2.24, 2.45) is 5.73 Å². The van der Waals surface area contributed by atoms with E-state index in [0.29, 0.717) is 18.0 Å². The maximum absolute atomic E-state index is 11.4. The van der Waals surface area contributed by atoms with E-state index in [-0.39, 0.29) is 5.69 Å². The van der Waals surface area contributed by atoms with Gasteiger partial charge in [0.15, 0.2) is 5.69 Å². The van der Waals surface area contributed by atoms with Gasteiger partial charge in [-0.05, 0) is 30.5 Å². The van der Waals surface area contributed by atoms with Gasteiger partial charge in [-0.3, -0.25) is 4.79 Å². The quantitative estimate of drug-likeness (QED) is 0.784. The molecule has 116 valence electrons. The number of primary amides is 1. The van der Waals surface area contributed by atoms with Crippen molar-refractivity contribution >= 4 is 11.4 Å². The molecule has 6 heteroatoms. The zero-order valence-corrected chi connectivity index (χ0v) is 12.5. The smallest absolute Gasteiger partial charge is 0.271 e. The third kappa shape index (κ3) is 2.52. The summed E-state index contributed by atoms with van der Waals surface area (Å²) in [6.45, 7) is 0.490. The molecule has 3 aromatic rings. The second-order valence-corrected chi connectivity index (χ2v) is 5.73. The zero-order valence-electron chi connectivity index (χ0n) is 12.5. The van der Waals surface area contributed by atoms with Gasteiger partial charge in [0.1, 0.15) is 17.9 Å². The zero-order chi connectivity index (χ0) is 15.8. The standard InChI is InChI=1S/C17H16N4O2/c18-17(22)15-13-8-9-14(23-10-11-4-2-1-3-5-11)16(12-6-7-12)21(13)20-19-15/h1-5,8-9,12H,6-7,10H2,(H2,18,22). The van der Waals surface area contributed by atoms with Gasteiger partial charge in [0, 0.05) is 5.92 Å². The molecule has 1 aliphatic carbocycles. The molecule has 2 aromatic heterocycles. The Morgan fingerprint density at radius 2 is 2.00 bits per heavy atom. The number of amides is 1. The van der Waals surface area contributed by atoms with Crippen molar-refractivity contribution in [2.45, 2.75) is 25.4 Å². The number of aromatic nitrogens is 3. The molecule has 0 spiro atoms. The molecule has 0 aliphatic heterocycles. The number of ether oxygens (including phenoxy) is 1. The number of rotatable bonds is 5. The van der Waals surface area contributed by atoms with Crippen molar-refractivity contribution in [3.63, 3.8) is 0 Å². The van der Waals surface area contributed by atoms with Gasteiger partial charge in [-0.15, -0.1) is 5.10 Å². The molecule has 4 rings (SSSR count). The lowest BCUT2D eigenvalue weighted by Gasteiger charge is -2.12. The van der Waals surface area contributed by atoms with E-state index in [4.69, 9.17) is 10.5 Å². The molecule has 1 saturated carbocycles. The van der Waals surface area contributed by atoms with Gasteiger partial charge in [0.25, 0.3) is 5.91 Å². The Morgan fingerprint density at radius 3 is 2.70 bits per heavy atom. The van der Waals surface area contributed by atoms with Crippen LogP contribution in [0.4, 0.5) is 0 Å². The summed E-state index contributed by atoms with van der Waals surface area (Å²) >= 11 is 0. The summed E-state index contributed by atoms with van der Waals surface area (Å²) in [6, 6.07) is 13.7. The summed E-state index contributed by atoms with van der Waals surface area (Å²) in [5.74, 6) is 0.608. The highest BCUT2D eigenvalue weighted by Crippen LogP contribution is 2.44. The molecular formula is C17H16N4O2. The number of carbonyl (C=O) groups is 1. The highest BCUT2D eigenvalue weighted by Gasteiger charge is 2.31. The Bertz CT molecular complexity index is 869. The van der Waals surface area contributed by atoms with E-state index < -0.39 is 5.91 Å². The molecule has 0 atom stereocenters. The lowest BCUT2D eigenvalue weighted by Crippen LogP contribution is -2.12. The molecule has 0 saturated heterocycles. The Balaban J connectivity index is 1.72. The summed E-state index contributed by atoms with van der Waals surface area (Å²) in [5.41, 5.74) is 8.25. The minimum Gasteiger partial charge on any atom is -0.487 e. The molecule has 0 radical (unpaired) electrons. The van der Waals surface area contributed by atoms with E-state index in [0.717, 1.165) is 29.8 Å². The average Bonchev–Trinajstić information content (AvgIpc) is 3.31. The molecule has 1 aromatic carbocycles. The first-order valence-electron chi connectivity index (χ1n) is 7.59. The Hall–Kier alpha value is -2.89. The van der Waals surface area contributed by atoms with E-state index in [1.165, 1.54) is 0 Å². The highest BCUT2D eigenvalue weighted by atomic mass is 16.5. The topological polar surface area (TPSA) is 82.5 Å². The Kier molecular flexibility index (Phi) is 3.22. The minimum absolute atomic E-state index is 0.196. The summed E-state index contributed by atoms with van der Waals surface area (Å²) < 4.78 is 7.69. The van der Waals surface area contributed by atoms with Crippen LogP contribution in [0.5, 0.6) is 5.75 Å². The predicted octanol–water partition coefficient (Wildman–Crippen LogP) is 2.28. The van der Waals surface area contributed by atoms with E-state index in [2.05, 4.69) is 10.3 Å². The monoisotopic (exact) mass is 308 g/mol. The van der Waals surface area contributed by atoms with Crippen LogP contribution in [0.3, 0.4) is 0 Å². The maximum Gasteiger partial charge on any atom is 0.271 e. The number of hydrogen-bond acceptors (Lipinski definition) is 4. The molecule has 0 unspecified atom stereocenters. The van der Waals surface area contributed by atoms with Crippen molar-refractivity contribution in [2.75, 3.05) is 0 Å². The van der Waals surface area contributed by atoms with Crippen LogP contribution in [0, 0.1) is 0 Å². The van der Waals surface area contributed by atoms with Crippen LogP contribution >= 0.6 is 0 Å². The predicted molar refractivity (Wildman–Crippen MR) is 84.3 cm³/mol. The molecule has 0 bridgehead atoms. The summed E-state index contributed by atoms with van der Waals surface area (Å²) in [5, 5.41) is 8.01. The van der Waals surface area contributed by atoms with Crippen LogP contribution in [0.15, 0.2) is 42.5 Å². The van der Waals surface area contributed by atoms with Crippen LogP contribution in [-0.2, 0) is 6.61 Å². The van der Waals surface area contributed by atoms with E-state index in [9.17, 15) is 4.79 Å². The van der Waals surface area contributed by atoms with Gasteiger partial charge in [0.05, 0.1) is 5.69 Å². The van der Waals surface area contributed by atoms with Crippen molar-refractivity contribution in [3.05, 3.63) is 59.4 Å². The minimum atomic E-state index is -0.570. The molecule has 6 nitrogen and oxygen atoms in total. The molecule has 1 amide bonds. The number of fused-ring (bicyclic) bond motifs is 1. The fourth-order valence-corrected chi connectivity index (χ4v) is 2.72. The number of nitrogens with two attached hydrogens (primary N) is 1. The number of benzene rings is 1. The number of pyridine rings is 1. The molecular weight excluding hydrogens is 292 g/mol. The lowest BCUT2D eigenvalue weighted by molar-refractivity contribution is 0.0997. The Morgan fingerprint density at radius 1 is 1.22 bits per heavy atom. The number of carbonyl (C=O) groups excluding carboxylic acids is 1. The van der Waals surface area contributed by atoms with Gasteiger partial charge in [0.2, 0.25) is 0 Å². The van der Waals surface area contributed by atoms with Gasteiger partial charge in [-0.25, -0.2) is 4.52 Å². The van der Waals surface area contributed by atoms with Crippen molar-refractivity contribution in [1.29, 1.82) is 0 Å². The fourth-order valence-electron chi connectivity index (χ4n) is 2.72. The second kappa shape index (κ2) is 5.39. The molecule has 1 aliphatic rings. The summed E-state index contributed by atoms with van der Waals surface area (Å²) in [4.78, 5) is 11.4. The fraction of sp³-hybridized carbons (Fsp3) is 0.235. The van der Waals surface area contributed by atoms with Gasteiger partial charge in [-0.1, -0.05) is 35.5 Å². The lowest BCUT2D eigenvalue weighted by atomic mass is 10.2. The van der Waals surface area contributed by atoms with E-state index >= 15 is 0 Å². The average molecular weight is 308 g/mol. The third-order valence-corrected chi connectivity index (χ3v) is 4.01. The van der Waals surface area contributed by atoms with Crippen LogP contribution < -0.4 is 10.5 Å². The number of nitrogens with zero attached hydrogens (tertiary/aromatic N) is 3. The van der Waals surface area contributed by atoms with Crippen molar-refractivity contribution < 1.29 is 9.53 Å². The molecule has 2 N–H and O–H groups in total. The number of hydrogen-bond donors (Lipinski definition) is 1. The van der Waals surface area contributed by atoms with Crippen LogP contribution in [0.1, 0.15) is 40.5 Å². The molecule has 2 heterocycles. The summed E-state index contributed by atoms with van der Waals surface area (Å²) in [6.07, 6.45) is 2.18. The van der Waals surface area contributed by atoms with Crippen LogP contribution in [-0.4, -0.2) is 20.7 Å². The maximum atomic E-state index is 11.4. The largest absolute Gasteiger partial charge is 0.487 e. The first kappa shape index (κ1) is 13.8. The van der Waals surface area contributed by atoms with Gasteiger partial charge >= 0.3 is 0 Å². The molecule has 1 fully saturated rings. The highest BCUT2D eigenvalue weighted by molar-refractivity contribution is 5.97. The van der Waals surface area contributed by atoms with E-state index in [1.54, 1.807) is 10.6 Å². The third-order valence-electron chi connectivity index (χ3n) is 4.01.